The third-order valence-corrected chi connectivity index (χ3v) is 4.45. The standard InChI is InChI=1S/C20H16ClFN4O2/c1-4-14-15(8-9-16(23-3)17(14)21)24-18(11(2)27)20-26-25-19(28-20)12-6-5-7-13(22)10-12/h4-11,18,24,27H,1H2,2H3/t11?,18-/m1/s1. The molecule has 3 rings (SSSR count). The van der Waals surface area contributed by atoms with Crippen LogP contribution in [0.3, 0.4) is 0 Å². The predicted molar refractivity (Wildman–Crippen MR) is 106 cm³/mol. The van der Waals surface area contributed by atoms with Crippen LogP contribution in [-0.2, 0) is 0 Å². The first-order valence-corrected chi connectivity index (χ1v) is 8.68. The van der Waals surface area contributed by atoms with E-state index >= 15 is 0 Å². The van der Waals surface area contributed by atoms with E-state index in [9.17, 15) is 9.50 Å². The number of hydrogen-bond acceptors (Lipinski definition) is 5. The molecule has 0 saturated heterocycles. The van der Waals surface area contributed by atoms with E-state index in [0.29, 0.717) is 22.5 Å². The number of aliphatic hydroxyl groups is 1. The number of nitrogens with one attached hydrogen (secondary N) is 1. The number of aromatic nitrogens is 2. The van der Waals surface area contributed by atoms with Gasteiger partial charge in [-0.25, -0.2) is 9.24 Å². The van der Waals surface area contributed by atoms with E-state index in [0.717, 1.165) is 0 Å². The summed E-state index contributed by atoms with van der Waals surface area (Å²) >= 11 is 6.25. The molecule has 0 aliphatic rings. The summed E-state index contributed by atoms with van der Waals surface area (Å²) in [7, 11) is 0. The zero-order valence-corrected chi connectivity index (χ0v) is 15.6. The second kappa shape index (κ2) is 8.21. The first-order chi connectivity index (χ1) is 13.4. The number of halogens is 2. The van der Waals surface area contributed by atoms with Crippen molar-refractivity contribution in [2.24, 2.45) is 0 Å². The van der Waals surface area contributed by atoms with Gasteiger partial charge in [-0.15, -0.1) is 10.2 Å². The van der Waals surface area contributed by atoms with E-state index in [4.69, 9.17) is 22.6 Å². The Morgan fingerprint density at radius 2 is 2.14 bits per heavy atom. The predicted octanol–water partition coefficient (Wildman–Crippen LogP) is 5.26. The lowest BCUT2D eigenvalue weighted by atomic mass is 10.1. The molecule has 0 spiro atoms. The molecule has 2 aromatic carbocycles. The summed E-state index contributed by atoms with van der Waals surface area (Å²) in [6.45, 7) is 12.4. The van der Waals surface area contributed by atoms with Crippen molar-refractivity contribution >= 4 is 29.1 Å². The Labute approximate surface area is 166 Å². The molecular formula is C20H16ClFN4O2. The number of benzene rings is 2. The Balaban J connectivity index is 1.95. The third kappa shape index (κ3) is 3.88. The van der Waals surface area contributed by atoms with Crippen molar-refractivity contribution in [2.45, 2.75) is 19.1 Å². The smallest absolute Gasteiger partial charge is 0.247 e. The van der Waals surface area contributed by atoms with Crippen molar-refractivity contribution in [2.75, 3.05) is 5.32 Å². The van der Waals surface area contributed by atoms with Crippen LogP contribution < -0.4 is 5.32 Å². The summed E-state index contributed by atoms with van der Waals surface area (Å²) in [5.74, 6) is -0.172. The minimum absolute atomic E-state index is 0.120. The highest BCUT2D eigenvalue weighted by Gasteiger charge is 2.25. The third-order valence-electron chi connectivity index (χ3n) is 4.06. The second-order valence-corrected chi connectivity index (χ2v) is 6.37. The molecule has 0 bridgehead atoms. The first-order valence-electron chi connectivity index (χ1n) is 8.31. The average molecular weight is 399 g/mol. The lowest BCUT2D eigenvalue weighted by Crippen LogP contribution is -2.23. The van der Waals surface area contributed by atoms with Crippen LogP contribution >= 0.6 is 11.6 Å². The van der Waals surface area contributed by atoms with Gasteiger partial charge in [0.05, 0.1) is 17.7 Å². The van der Waals surface area contributed by atoms with Crippen molar-refractivity contribution in [3.05, 3.63) is 76.7 Å². The number of hydrogen-bond donors (Lipinski definition) is 2. The van der Waals surface area contributed by atoms with Gasteiger partial charge in [-0.3, -0.25) is 0 Å². The fraction of sp³-hybridized carbons (Fsp3) is 0.150. The molecule has 1 aromatic heterocycles. The number of nitrogens with zero attached hydrogens (tertiary/aromatic N) is 3. The van der Waals surface area contributed by atoms with E-state index in [1.165, 1.54) is 24.3 Å². The maximum Gasteiger partial charge on any atom is 0.247 e. The van der Waals surface area contributed by atoms with Crippen LogP contribution in [0, 0.1) is 12.4 Å². The van der Waals surface area contributed by atoms with E-state index in [1.807, 2.05) is 0 Å². The highest BCUT2D eigenvalue weighted by molar-refractivity contribution is 6.35. The van der Waals surface area contributed by atoms with E-state index in [2.05, 4.69) is 26.9 Å². The van der Waals surface area contributed by atoms with Crippen LogP contribution in [-0.4, -0.2) is 21.4 Å². The summed E-state index contributed by atoms with van der Waals surface area (Å²) in [5.41, 5.74) is 1.79. The second-order valence-electron chi connectivity index (χ2n) is 5.99. The molecule has 28 heavy (non-hydrogen) atoms. The Hall–Kier alpha value is -3.21. The number of anilines is 1. The minimum atomic E-state index is -0.905. The molecule has 0 aliphatic heterocycles. The zero-order valence-electron chi connectivity index (χ0n) is 14.9. The molecule has 8 heteroatoms. The van der Waals surface area contributed by atoms with Crippen LogP contribution in [0.1, 0.15) is 24.4 Å². The van der Waals surface area contributed by atoms with E-state index in [1.54, 1.807) is 25.1 Å². The Kier molecular flexibility index (Phi) is 5.73. The maximum atomic E-state index is 13.4. The number of aliphatic hydroxyl groups excluding tert-OH is 1. The molecule has 6 nitrogen and oxygen atoms in total. The number of rotatable bonds is 6. The summed E-state index contributed by atoms with van der Waals surface area (Å²) < 4.78 is 19.1. The van der Waals surface area contributed by atoms with Crippen LogP contribution in [0.15, 0.2) is 47.4 Å². The van der Waals surface area contributed by atoms with Crippen LogP contribution in [0.2, 0.25) is 5.02 Å². The fourth-order valence-electron chi connectivity index (χ4n) is 2.65. The molecule has 3 aromatic rings. The Bertz CT molecular complexity index is 1060. The highest BCUT2D eigenvalue weighted by atomic mass is 35.5. The van der Waals surface area contributed by atoms with E-state index < -0.39 is 18.0 Å². The molecule has 0 saturated carbocycles. The van der Waals surface area contributed by atoms with Gasteiger partial charge in [-0.05, 0) is 31.2 Å². The van der Waals surface area contributed by atoms with Gasteiger partial charge < -0.3 is 14.8 Å². The molecule has 0 amide bonds. The zero-order chi connectivity index (χ0) is 20.3. The largest absolute Gasteiger partial charge is 0.418 e. The lowest BCUT2D eigenvalue weighted by molar-refractivity contribution is 0.159. The summed E-state index contributed by atoms with van der Waals surface area (Å²) in [5, 5.41) is 21.5. The maximum absolute atomic E-state index is 13.4. The highest BCUT2D eigenvalue weighted by Crippen LogP contribution is 2.36. The molecule has 1 heterocycles. The minimum Gasteiger partial charge on any atom is -0.418 e. The summed E-state index contributed by atoms with van der Waals surface area (Å²) in [6.07, 6.45) is 0.613. The van der Waals surface area contributed by atoms with Crippen molar-refractivity contribution in [1.29, 1.82) is 0 Å². The molecule has 0 radical (unpaired) electrons. The average Bonchev–Trinajstić information content (AvgIpc) is 3.15. The molecule has 0 aliphatic carbocycles. The molecule has 2 N–H and O–H groups in total. The van der Waals surface area contributed by atoms with Gasteiger partial charge in [-0.1, -0.05) is 36.4 Å². The van der Waals surface area contributed by atoms with Crippen LogP contribution in [0.4, 0.5) is 15.8 Å². The topological polar surface area (TPSA) is 75.5 Å². The fourth-order valence-corrected chi connectivity index (χ4v) is 2.93. The lowest BCUT2D eigenvalue weighted by Gasteiger charge is -2.21. The van der Waals surface area contributed by atoms with Crippen LogP contribution in [0.25, 0.3) is 22.4 Å². The first kappa shape index (κ1) is 19.5. The molecule has 142 valence electrons. The van der Waals surface area contributed by atoms with Gasteiger partial charge in [0, 0.05) is 16.8 Å². The monoisotopic (exact) mass is 398 g/mol. The van der Waals surface area contributed by atoms with Gasteiger partial charge >= 0.3 is 0 Å². The van der Waals surface area contributed by atoms with Crippen molar-refractivity contribution in [1.82, 2.24) is 10.2 Å². The SMILES string of the molecule is [C-]#[N+]c1ccc(N[C@@H](c2nnc(-c3cccc(F)c3)o2)C(C)O)c(C=C)c1Cl. The summed E-state index contributed by atoms with van der Waals surface area (Å²) in [6, 6.07) is 8.24. The van der Waals surface area contributed by atoms with Crippen molar-refractivity contribution in [3.8, 4) is 11.5 Å². The van der Waals surface area contributed by atoms with Crippen molar-refractivity contribution < 1.29 is 13.9 Å². The van der Waals surface area contributed by atoms with Gasteiger partial charge in [0.1, 0.15) is 11.9 Å². The van der Waals surface area contributed by atoms with Gasteiger partial charge in [0.25, 0.3) is 0 Å². The van der Waals surface area contributed by atoms with E-state index in [-0.39, 0.29) is 16.8 Å². The normalized spacial score (nSPS) is 12.8. The molecule has 2 atom stereocenters. The van der Waals surface area contributed by atoms with Gasteiger partial charge in [-0.2, -0.15) is 0 Å². The molecule has 1 unspecified atom stereocenters. The molecule has 0 fully saturated rings. The van der Waals surface area contributed by atoms with Gasteiger partial charge in [0.2, 0.25) is 17.5 Å². The summed E-state index contributed by atoms with van der Waals surface area (Å²) in [4.78, 5) is 3.36. The Morgan fingerprint density at radius 1 is 1.36 bits per heavy atom. The van der Waals surface area contributed by atoms with Crippen molar-refractivity contribution in [3.63, 3.8) is 0 Å². The molecular weight excluding hydrogens is 383 g/mol. The van der Waals surface area contributed by atoms with Crippen LogP contribution in [0.5, 0.6) is 0 Å². The van der Waals surface area contributed by atoms with Gasteiger partial charge in [0.15, 0.2) is 0 Å². The Morgan fingerprint density at radius 3 is 2.79 bits per heavy atom. The quantitative estimate of drug-likeness (QED) is 0.554.